The Kier molecular flexibility index (Phi) is 7.26. The molecule has 1 aromatic carbocycles. The Morgan fingerprint density at radius 3 is 2.81 bits per heavy atom. The number of primary amides is 1. The molecule has 0 spiro atoms. The van der Waals surface area contributed by atoms with Crippen molar-refractivity contribution in [2.75, 3.05) is 13.1 Å². The summed E-state index contributed by atoms with van der Waals surface area (Å²) in [4.78, 5) is 37.4. The van der Waals surface area contributed by atoms with Gasteiger partial charge in [-0.05, 0) is 31.9 Å². The molecule has 3 N–H and O–H groups in total. The number of likely N-dealkylation sites (tertiary alicyclic amines) is 1. The van der Waals surface area contributed by atoms with Crippen LogP contribution in [0, 0.1) is 11.7 Å². The summed E-state index contributed by atoms with van der Waals surface area (Å²) in [5.74, 6) is -1.42. The van der Waals surface area contributed by atoms with Crippen molar-refractivity contribution in [3.8, 4) is 0 Å². The Morgan fingerprint density at radius 1 is 1.38 bits per heavy atom. The van der Waals surface area contributed by atoms with E-state index in [1.165, 1.54) is 6.07 Å². The first kappa shape index (κ1) is 20.0. The van der Waals surface area contributed by atoms with Crippen LogP contribution in [0.1, 0.15) is 38.2 Å². The Balaban J connectivity index is 1.86. The molecular weight excluding hydrogens is 337 g/mol. The SMILES string of the molecule is CC(CCC(=O)N[C@H]1CCCN(Cc2ccccc2F)CC1=O)C(N)=O. The van der Waals surface area contributed by atoms with Crippen LogP contribution in [0.15, 0.2) is 24.3 Å². The molecule has 1 saturated heterocycles. The van der Waals surface area contributed by atoms with Crippen LogP contribution >= 0.6 is 0 Å². The first-order valence-electron chi connectivity index (χ1n) is 8.94. The van der Waals surface area contributed by atoms with Crippen LogP contribution in [0.5, 0.6) is 0 Å². The van der Waals surface area contributed by atoms with Gasteiger partial charge in [0.25, 0.3) is 0 Å². The minimum atomic E-state index is -0.531. The van der Waals surface area contributed by atoms with Crippen molar-refractivity contribution in [3.05, 3.63) is 35.6 Å². The topological polar surface area (TPSA) is 92.5 Å². The van der Waals surface area contributed by atoms with Crippen LogP contribution in [-0.2, 0) is 20.9 Å². The van der Waals surface area contributed by atoms with Gasteiger partial charge in [-0.3, -0.25) is 19.3 Å². The number of Topliss-reactive ketones (excluding diaryl/α,β-unsaturated/α-hetero) is 1. The molecule has 7 heteroatoms. The molecule has 0 aromatic heterocycles. The summed E-state index contributed by atoms with van der Waals surface area (Å²) >= 11 is 0. The van der Waals surface area contributed by atoms with Gasteiger partial charge in [-0.1, -0.05) is 25.1 Å². The fourth-order valence-electron chi connectivity index (χ4n) is 3.00. The summed E-state index contributed by atoms with van der Waals surface area (Å²) < 4.78 is 13.8. The van der Waals surface area contributed by atoms with Crippen molar-refractivity contribution in [2.45, 2.75) is 45.2 Å². The van der Waals surface area contributed by atoms with E-state index in [0.29, 0.717) is 31.5 Å². The van der Waals surface area contributed by atoms with Gasteiger partial charge in [0.05, 0.1) is 12.6 Å². The lowest BCUT2D eigenvalue weighted by molar-refractivity contribution is -0.128. The van der Waals surface area contributed by atoms with Crippen molar-refractivity contribution in [1.29, 1.82) is 0 Å². The maximum absolute atomic E-state index is 13.8. The van der Waals surface area contributed by atoms with E-state index in [2.05, 4.69) is 5.32 Å². The number of rotatable bonds is 7. The molecule has 142 valence electrons. The Bertz CT molecular complexity index is 665. The molecule has 1 heterocycles. The molecule has 1 aliphatic rings. The van der Waals surface area contributed by atoms with Gasteiger partial charge in [0, 0.05) is 24.4 Å². The van der Waals surface area contributed by atoms with Crippen LogP contribution in [0.25, 0.3) is 0 Å². The van der Waals surface area contributed by atoms with E-state index in [-0.39, 0.29) is 36.4 Å². The van der Waals surface area contributed by atoms with E-state index in [1.54, 1.807) is 25.1 Å². The monoisotopic (exact) mass is 363 g/mol. The zero-order chi connectivity index (χ0) is 19.1. The second-order valence-corrected chi connectivity index (χ2v) is 6.87. The van der Waals surface area contributed by atoms with Crippen molar-refractivity contribution < 1.29 is 18.8 Å². The third kappa shape index (κ3) is 5.91. The number of nitrogens with two attached hydrogens (primary N) is 1. The minimum Gasteiger partial charge on any atom is -0.369 e. The van der Waals surface area contributed by atoms with E-state index in [0.717, 1.165) is 6.42 Å². The number of halogens is 1. The number of carbonyl (C=O) groups excluding carboxylic acids is 3. The molecular formula is C19H26FN3O3. The molecule has 1 aromatic rings. The van der Waals surface area contributed by atoms with Crippen LogP contribution < -0.4 is 11.1 Å². The summed E-state index contributed by atoms with van der Waals surface area (Å²) in [6.45, 7) is 2.89. The molecule has 1 fully saturated rings. The number of hydrogen-bond donors (Lipinski definition) is 2. The predicted molar refractivity (Wildman–Crippen MR) is 95.4 cm³/mol. The fourth-order valence-corrected chi connectivity index (χ4v) is 3.00. The molecule has 0 bridgehead atoms. The number of amides is 2. The molecule has 2 atom stereocenters. The van der Waals surface area contributed by atoms with Crippen molar-refractivity contribution in [2.24, 2.45) is 11.7 Å². The standard InChI is InChI=1S/C19H26FN3O3/c1-13(19(21)26)8-9-18(25)22-16-7-4-10-23(12-17(16)24)11-14-5-2-3-6-15(14)20/h2-3,5-6,13,16H,4,7-12H2,1H3,(H2,21,26)(H,22,25)/t13?,16-/m0/s1. The van der Waals surface area contributed by atoms with Gasteiger partial charge in [0.15, 0.2) is 5.78 Å². The third-order valence-corrected chi connectivity index (χ3v) is 4.71. The van der Waals surface area contributed by atoms with E-state index < -0.39 is 11.9 Å². The quantitative estimate of drug-likeness (QED) is 0.765. The van der Waals surface area contributed by atoms with Crippen LogP contribution in [0.3, 0.4) is 0 Å². The van der Waals surface area contributed by atoms with Gasteiger partial charge in [-0.25, -0.2) is 4.39 Å². The van der Waals surface area contributed by atoms with E-state index in [1.807, 2.05) is 4.90 Å². The zero-order valence-corrected chi connectivity index (χ0v) is 15.0. The summed E-state index contributed by atoms with van der Waals surface area (Å²) in [6, 6.07) is 6.00. The highest BCUT2D eigenvalue weighted by Crippen LogP contribution is 2.15. The average molecular weight is 363 g/mol. The Morgan fingerprint density at radius 2 is 2.12 bits per heavy atom. The molecule has 0 radical (unpaired) electrons. The fraction of sp³-hybridized carbons (Fsp3) is 0.526. The van der Waals surface area contributed by atoms with Crippen LogP contribution in [-0.4, -0.2) is 41.6 Å². The molecule has 1 aliphatic heterocycles. The van der Waals surface area contributed by atoms with Crippen molar-refractivity contribution in [3.63, 3.8) is 0 Å². The number of ketones is 1. The number of nitrogens with zero attached hydrogens (tertiary/aromatic N) is 1. The second kappa shape index (κ2) is 9.43. The van der Waals surface area contributed by atoms with Gasteiger partial charge < -0.3 is 11.1 Å². The van der Waals surface area contributed by atoms with E-state index in [9.17, 15) is 18.8 Å². The molecule has 2 amide bonds. The average Bonchev–Trinajstić information content (AvgIpc) is 2.76. The van der Waals surface area contributed by atoms with Crippen LogP contribution in [0.2, 0.25) is 0 Å². The molecule has 1 unspecified atom stereocenters. The number of hydrogen-bond acceptors (Lipinski definition) is 4. The highest BCUT2D eigenvalue weighted by atomic mass is 19.1. The van der Waals surface area contributed by atoms with Crippen molar-refractivity contribution in [1.82, 2.24) is 10.2 Å². The van der Waals surface area contributed by atoms with Crippen LogP contribution in [0.4, 0.5) is 4.39 Å². The van der Waals surface area contributed by atoms with Gasteiger partial charge in [-0.2, -0.15) is 0 Å². The number of carbonyl (C=O) groups is 3. The van der Waals surface area contributed by atoms with Gasteiger partial charge in [0.1, 0.15) is 5.82 Å². The second-order valence-electron chi connectivity index (χ2n) is 6.87. The molecule has 0 saturated carbocycles. The van der Waals surface area contributed by atoms with Gasteiger partial charge in [-0.15, -0.1) is 0 Å². The first-order valence-corrected chi connectivity index (χ1v) is 8.94. The summed E-state index contributed by atoms with van der Waals surface area (Å²) in [5.41, 5.74) is 5.74. The lowest BCUT2D eigenvalue weighted by Gasteiger charge is -2.20. The highest BCUT2D eigenvalue weighted by Gasteiger charge is 2.26. The van der Waals surface area contributed by atoms with Gasteiger partial charge >= 0.3 is 0 Å². The predicted octanol–water partition coefficient (Wildman–Crippen LogP) is 1.38. The van der Waals surface area contributed by atoms with E-state index in [4.69, 9.17) is 5.73 Å². The number of nitrogens with one attached hydrogen (secondary N) is 1. The lowest BCUT2D eigenvalue weighted by atomic mass is 10.0. The largest absolute Gasteiger partial charge is 0.369 e. The molecule has 6 nitrogen and oxygen atoms in total. The molecule has 2 rings (SSSR count). The zero-order valence-electron chi connectivity index (χ0n) is 15.0. The van der Waals surface area contributed by atoms with E-state index >= 15 is 0 Å². The molecule has 26 heavy (non-hydrogen) atoms. The Labute approximate surface area is 152 Å². The molecule has 0 aliphatic carbocycles. The maximum atomic E-state index is 13.8. The van der Waals surface area contributed by atoms with Gasteiger partial charge in [0.2, 0.25) is 11.8 Å². The normalized spacial score (nSPS) is 19.6. The summed E-state index contributed by atoms with van der Waals surface area (Å²) in [7, 11) is 0. The maximum Gasteiger partial charge on any atom is 0.220 e. The number of benzene rings is 1. The lowest BCUT2D eigenvalue weighted by Crippen LogP contribution is -2.43. The first-order chi connectivity index (χ1) is 12.4. The van der Waals surface area contributed by atoms with Crippen molar-refractivity contribution >= 4 is 17.6 Å². The summed E-state index contributed by atoms with van der Waals surface area (Å²) in [6.07, 6.45) is 1.82. The highest BCUT2D eigenvalue weighted by molar-refractivity contribution is 5.90. The Hall–Kier alpha value is -2.28. The smallest absolute Gasteiger partial charge is 0.220 e. The third-order valence-electron chi connectivity index (χ3n) is 4.71. The summed E-state index contributed by atoms with van der Waals surface area (Å²) in [5, 5.41) is 2.76. The minimum absolute atomic E-state index is 0.0739.